The molecule has 17 heavy (non-hydrogen) atoms. The summed E-state index contributed by atoms with van der Waals surface area (Å²) in [5.41, 5.74) is 1.15. The molecule has 0 aliphatic carbocycles. The number of imidazole rings is 1. The molecule has 0 amide bonds. The van der Waals surface area contributed by atoms with E-state index in [1.807, 2.05) is 6.20 Å². The van der Waals surface area contributed by atoms with Crippen molar-refractivity contribution in [2.24, 2.45) is 0 Å². The SMILES string of the molecule is c1n[nH]c(C2CCCCN2Cc2cnc[nH]2)n1. The molecule has 3 heterocycles. The first-order valence-corrected chi connectivity index (χ1v) is 6.00. The van der Waals surface area contributed by atoms with Crippen molar-refractivity contribution < 1.29 is 0 Å². The van der Waals surface area contributed by atoms with Crippen LogP contribution in [0, 0.1) is 0 Å². The molecule has 1 saturated heterocycles. The van der Waals surface area contributed by atoms with E-state index in [2.05, 4.69) is 30.0 Å². The van der Waals surface area contributed by atoms with Crippen molar-refractivity contribution in [3.8, 4) is 0 Å². The number of aromatic amines is 2. The van der Waals surface area contributed by atoms with Gasteiger partial charge < -0.3 is 4.98 Å². The number of hydrogen-bond donors (Lipinski definition) is 2. The van der Waals surface area contributed by atoms with E-state index in [4.69, 9.17) is 0 Å². The smallest absolute Gasteiger partial charge is 0.141 e. The largest absolute Gasteiger partial charge is 0.347 e. The lowest BCUT2D eigenvalue weighted by Crippen LogP contribution is -2.33. The number of nitrogens with zero attached hydrogens (tertiary/aromatic N) is 4. The fourth-order valence-electron chi connectivity index (χ4n) is 2.46. The molecule has 0 spiro atoms. The van der Waals surface area contributed by atoms with Crippen LogP contribution >= 0.6 is 0 Å². The van der Waals surface area contributed by atoms with E-state index in [0.717, 1.165) is 31.0 Å². The summed E-state index contributed by atoms with van der Waals surface area (Å²) in [6, 6.07) is 0.356. The number of piperidine rings is 1. The molecule has 1 aliphatic heterocycles. The molecule has 6 nitrogen and oxygen atoms in total. The second-order valence-corrected chi connectivity index (χ2v) is 4.43. The average Bonchev–Trinajstić information content (AvgIpc) is 3.01. The highest BCUT2D eigenvalue weighted by Gasteiger charge is 2.26. The Hall–Kier alpha value is -1.69. The van der Waals surface area contributed by atoms with Crippen molar-refractivity contribution in [1.29, 1.82) is 0 Å². The van der Waals surface area contributed by atoms with E-state index in [9.17, 15) is 0 Å². The molecule has 90 valence electrons. The summed E-state index contributed by atoms with van der Waals surface area (Å²) >= 11 is 0. The minimum Gasteiger partial charge on any atom is -0.347 e. The average molecular weight is 232 g/mol. The lowest BCUT2D eigenvalue weighted by Gasteiger charge is -2.33. The van der Waals surface area contributed by atoms with E-state index in [0.29, 0.717) is 6.04 Å². The standard InChI is InChI=1S/C11H16N6/c1-2-4-17(6-9-5-12-7-13-9)10(3-1)11-14-8-15-16-11/h5,7-8,10H,1-4,6H2,(H,12,13)(H,14,15,16). The summed E-state index contributed by atoms with van der Waals surface area (Å²) in [6.07, 6.45) is 8.83. The van der Waals surface area contributed by atoms with Crippen LogP contribution in [0.4, 0.5) is 0 Å². The van der Waals surface area contributed by atoms with Crippen molar-refractivity contribution >= 4 is 0 Å². The first kappa shape index (κ1) is 10.5. The Kier molecular flexibility index (Phi) is 2.87. The second-order valence-electron chi connectivity index (χ2n) is 4.43. The summed E-state index contributed by atoms with van der Waals surface area (Å²) in [4.78, 5) is 13.9. The Morgan fingerprint density at radius 2 is 2.41 bits per heavy atom. The molecule has 0 radical (unpaired) electrons. The highest BCUT2D eigenvalue weighted by Crippen LogP contribution is 2.29. The maximum atomic E-state index is 4.29. The normalized spacial score (nSPS) is 21.8. The third kappa shape index (κ3) is 2.21. The summed E-state index contributed by atoms with van der Waals surface area (Å²) in [7, 11) is 0. The van der Waals surface area contributed by atoms with Gasteiger partial charge in [0.25, 0.3) is 0 Å². The maximum absolute atomic E-state index is 4.29. The maximum Gasteiger partial charge on any atom is 0.141 e. The zero-order valence-corrected chi connectivity index (χ0v) is 9.63. The van der Waals surface area contributed by atoms with Gasteiger partial charge in [-0.15, -0.1) is 0 Å². The fourth-order valence-corrected chi connectivity index (χ4v) is 2.46. The van der Waals surface area contributed by atoms with Crippen LogP contribution in [-0.4, -0.2) is 36.6 Å². The third-order valence-electron chi connectivity index (χ3n) is 3.29. The van der Waals surface area contributed by atoms with E-state index in [1.54, 1.807) is 12.7 Å². The third-order valence-corrected chi connectivity index (χ3v) is 3.29. The number of rotatable bonds is 3. The summed E-state index contributed by atoms with van der Waals surface area (Å²) < 4.78 is 0. The van der Waals surface area contributed by atoms with Crippen molar-refractivity contribution in [1.82, 2.24) is 30.0 Å². The van der Waals surface area contributed by atoms with Crippen LogP contribution in [0.3, 0.4) is 0 Å². The lowest BCUT2D eigenvalue weighted by atomic mass is 10.0. The number of likely N-dealkylation sites (tertiary alicyclic amines) is 1. The lowest BCUT2D eigenvalue weighted by molar-refractivity contribution is 0.132. The van der Waals surface area contributed by atoms with Crippen LogP contribution < -0.4 is 0 Å². The molecule has 2 aromatic heterocycles. The molecular weight excluding hydrogens is 216 g/mol. The number of hydrogen-bond acceptors (Lipinski definition) is 4. The van der Waals surface area contributed by atoms with Crippen LogP contribution in [0.5, 0.6) is 0 Å². The molecule has 2 N–H and O–H groups in total. The summed E-state index contributed by atoms with van der Waals surface area (Å²) in [6.45, 7) is 2.00. The molecule has 6 heteroatoms. The zero-order valence-electron chi connectivity index (χ0n) is 9.63. The van der Waals surface area contributed by atoms with E-state index < -0.39 is 0 Å². The van der Waals surface area contributed by atoms with Gasteiger partial charge in [0.15, 0.2) is 0 Å². The van der Waals surface area contributed by atoms with Gasteiger partial charge in [0.2, 0.25) is 0 Å². The van der Waals surface area contributed by atoms with E-state index in [1.165, 1.54) is 12.8 Å². The molecule has 0 saturated carbocycles. The molecular formula is C11H16N6. The molecule has 1 aliphatic rings. The van der Waals surface area contributed by atoms with Crippen LogP contribution in [0.15, 0.2) is 18.9 Å². The first-order valence-electron chi connectivity index (χ1n) is 6.00. The van der Waals surface area contributed by atoms with Gasteiger partial charge in [0.05, 0.1) is 12.4 Å². The minimum absolute atomic E-state index is 0.356. The summed E-state index contributed by atoms with van der Waals surface area (Å²) in [5.74, 6) is 0.976. The van der Waals surface area contributed by atoms with Gasteiger partial charge in [-0.1, -0.05) is 6.42 Å². The van der Waals surface area contributed by atoms with E-state index >= 15 is 0 Å². The van der Waals surface area contributed by atoms with Crippen LogP contribution in [-0.2, 0) is 6.54 Å². The number of aromatic nitrogens is 5. The quantitative estimate of drug-likeness (QED) is 0.835. The highest BCUT2D eigenvalue weighted by atomic mass is 15.3. The van der Waals surface area contributed by atoms with Crippen LogP contribution in [0.1, 0.15) is 36.8 Å². The van der Waals surface area contributed by atoms with Crippen molar-refractivity contribution in [3.63, 3.8) is 0 Å². The number of nitrogens with one attached hydrogen (secondary N) is 2. The van der Waals surface area contributed by atoms with Gasteiger partial charge >= 0.3 is 0 Å². The first-order chi connectivity index (χ1) is 8.43. The van der Waals surface area contributed by atoms with Gasteiger partial charge in [0, 0.05) is 18.4 Å². The van der Waals surface area contributed by atoms with Gasteiger partial charge in [0.1, 0.15) is 12.2 Å². The Balaban J connectivity index is 1.76. The molecule has 3 rings (SSSR count). The van der Waals surface area contributed by atoms with Crippen LogP contribution in [0.2, 0.25) is 0 Å². The molecule has 1 atom stereocenters. The molecule has 1 fully saturated rings. The molecule has 2 aromatic rings. The topological polar surface area (TPSA) is 73.5 Å². The van der Waals surface area contributed by atoms with Gasteiger partial charge in [-0.2, -0.15) is 5.10 Å². The Bertz CT molecular complexity index is 434. The fraction of sp³-hybridized carbons (Fsp3) is 0.545. The predicted molar refractivity (Wildman–Crippen MR) is 62.0 cm³/mol. The van der Waals surface area contributed by atoms with Gasteiger partial charge in [-0.25, -0.2) is 9.97 Å². The Morgan fingerprint density at radius 3 is 3.18 bits per heavy atom. The molecule has 1 unspecified atom stereocenters. The number of H-pyrrole nitrogens is 2. The highest BCUT2D eigenvalue weighted by molar-refractivity contribution is 4.99. The minimum atomic E-state index is 0.356. The van der Waals surface area contributed by atoms with Gasteiger partial charge in [-0.3, -0.25) is 10.00 Å². The second kappa shape index (κ2) is 4.67. The molecule has 0 aromatic carbocycles. The monoisotopic (exact) mass is 232 g/mol. The Morgan fingerprint density at radius 1 is 1.41 bits per heavy atom. The van der Waals surface area contributed by atoms with Gasteiger partial charge in [-0.05, 0) is 19.4 Å². The predicted octanol–water partition coefficient (Wildman–Crippen LogP) is 1.25. The van der Waals surface area contributed by atoms with E-state index in [-0.39, 0.29) is 0 Å². The Labute approximate surface area is 99.5 Å². The van der Waals surface area contributed by atoms with Crippen molar-refractivity contribution in [3.05, 3.63) is 30.4 Å². The van der Waals surface area contributed by atoms with Crippen molar-refractivity contribution in [2.75, 3.05) is 6.54 Å². The zero-order chi connectivity index (χ0) is 11.5. The van der Waals surface area contributed by atoms with Crippen LogP contribution in [0.25, 0.3) is 0 Å². The summed E-state index contributed by atoms with van der Waals surface area (Å²) in [5, 5.41) is 6.93. The molecule has 0 bridgehead atoms. The van der Waals surface area contributed by atoms with Crippen molar-refractivity contribution in [2.45, 2.75) is 31.8 Å².